The molecule has 1 N–H and O–H groups in total. The lowest BCUT2D eigenvalue weighted by Crippen LogP contribution is -2.51. The zero-order valence-electron chi connectivity index (χ0n) is 25.6. The largest absolute Gasteiger partial charge is 0.512 e. The minimum absolute atomic E-state index is 0.493. The van der Waals surface area contributed by atoms with E-state index in [-0.39, 0.29) is 0 Å². The van der Waals surface area contributed by atoms with Gasteiger partial charge in [-0.05, 0) is 32.1 Å². The maximum atomic E-state index is 11.5. The average molecular weight is 671 g/mol. The fourth-order valence-electron chi connectivity index (χ4n) is 4.13. The summed E-state index contributed by atoms with van der Waals surface area (Å²) in [5.41, 5.74) is -12.3. The third-order valence-corrected chi connectivity index (χ3v) is 13.5. The lowest BCUT2D eigenvalue weighted by atomic mass is 10.3. The zero-order valence-corrected chi connectivity index (χ0v) is 28.2. The Kier molecular flexibility index (Phi) is 20.0. The van der Waals surface area contributed by atoms with Crippen LogP contribution in [0.5, 0.6) is 0 Å². The van der Waals surface area contributed by atoms with Gasteiger partial charge in [-0.25, -0.2) is 16.8 Å². The molecule has 0 aliphatic rings. The molecule has 250 valence electrons. The molecule has 0 atom stereocenters. The molecule has 0 aliphatic heterocycles. The van der Waals surface area contributed by atoms with E-state index in [1.807, 2.05) is 0 Å². The lowest BCUT2D eigenvalue weighted by molar-refractivity contribution is -0.0476. The Labute approximate surface area is 244 Å². The minimum Gasteiger partial charge on any atom is -0.202 e. The summed E-state index contributed by atoms with van der Waals surface area (Å²) in [6, 6.07) is 0. The van der Waals surface area contributed by atoms with Crippen molar-refractivity contribution in [1.82, 2.24) is 22.8 Å². The predicted octanol–water partition coefficient (Wildman–Crippen LogP) is 6.26. The van der Waals surface area contributed by atoms with Crippen molar-refractivity contribution in [3.05, 3.63) is 0 Å². The number of alkyl halides is 6. The number of hydrogen-bond acceptors (Lipinski definition) is 8. The van der Waals surface area contributed by atoms with Crippen molar-refractivity contribution in [3.63, 3.8) is 0 Å². The van der Waals surface area contributed by atoms with Crippen LogP contribution in [-0.2, 0) is 20.0 Å². The van der Waals surface area contributed by atoms with Crippen LogP contribution in [0.3, 0.4) is 0 Å². The van der Waals surface area contributed by atoms with Gasteiger partial charge in [0.1, 0.15) is 0 Å². The van der Waals surface area contributed by atoms with Crippen LogP contribution < -0.4 is 4.13 Å². The second-order valence-corrected chi connectivity index (χ2v) is 17.0. The summed E-state index contributed by atoms with van der Waals surface area (Å²) in [5.74, 6) is 0. The van der Waals surface area contributed by atoms with Crippen molar-refractivity contribution < 1.29 is 43.2 Å². The molecular formula is C23H51F6N5O4PS2+. The highest BCUT2D eigenvalue weighted by Gasteiger charge is 2.57. The molecule has 9 nitrogen and oxygen atoms in total. The normalized spacial score (nSPS) is 13.8. The summed E-state index contributed by atoms with van der Waals surface area (Å²) in [4.78, 5) is 0. The molecule has 0 aliphatic carbocycles. The molecule has 0 radical (unpaired) electrons. The van der Waals surface area contributed by atoms with E-state index in [9.17, 15) is 43.2 Å². The summed E-state index contributed by atoms with van der Waals surface area (Å²) in [5, 5.41) is 0. The van der Waals surface area contributed by atoms with Gasteiger partial charge in [0.05, 0.1) is 0 Å². The van der Waals surface area contributed by atoms with E-state index in [1.54, 1.807) is 0 Å². The fraction of sp³-hybridized carbons (Fsp3) is 1.00. The van der Waals surface area contributed by atoms with Gasteiger partial charge in [-0.15, -0.1) is 18.7 Å². The summed E-state index contributed by atoms with van der Waals surface area (Å²) in [6.07, 6.45) is 10.1. The van der Waals surface area contributed by atoms with Gasteiger partial charge < -0.3 is 0 Å². The molecule has 0 amide bonds. The maximum absolute atomic E-state index is 11.5. The van der Waals surface area contributed by atoms with Crippen LogP contribution in [0.15, 0.2) is 0 Å². The van der Waals surface area contributed by atoms with E-state index in [1.165, 1.54) is 84.1 Å². The quantitative estimate of drug-likeness (QED) is 0.127. The summed E-state index contributed by atoms with van der Waals surface area (Å²) in [6.45, 7) is 17.6. The molecule has 0 rings (SSSR count). The van der Waals surface area contributed by atoms with E-state index in [0.29, 0.717) is 0 Å². The Morgan fingerprint density at radius 1 is 0.537 bits per heavy atom. The SMILES string of the molecule is CCCCN(C)[P+](N(C)CCCC)(N(C)CCCC)N(CCC)CCC.O=S(=O)(NS(=O)(=O)C(F)(F)F)C(F)(F)F. The first-order chi connectivity index (χ1) is 18.7. The van der Waals surface area contributed by atoms with Crippen molar-refractivity contribution in [2.45, 2.75) is 97.0 Å². The third-order valence-electron chi connectivity index (χ3n) is 6.05. The second-order valence-electron chi connectivity index (χ2n) is 9.68. The molecule has 0 spiro atoms. The highest BCUT2D eigenvalue weighted by atomic mass is 32.3. The highest BCUT2D eigenvalue weighted by molar-refractivity contribution is 8.05. The van der Waals surface area contributed by atoms with Crippen molar-refractivity contribution in [2.24, 2.45) is 0 Å². The van der Waals surface area contributed by atoms with Crippen LogP contribution in [0.1, 0.15) is 86.0 Å². The first-order valence-corrected chi connectivity index (χ1v) is 18.4. The predicted molar refractivity (Wildman–Crippen MR) is 155 cm³/mol. The molecule has 0 aromatic rings. The molecule has 0 bridgehead atoms. The Morgan fingerprint density at radius 2 is 0.805 bits per heavy atom. The van der Waals surface area contributed by atoms with Crippen LogP contribution in [0.25, 0.3) is 0 Å². The number of nitrogens with one attached hydrogen (secondary N) is 1. The Hall–Kier alpha value is -0.290. The highest BCUT2D eigenvalue weighted by Crippen LogP contribution is 2.68. The van der Waals surface area contributed by atoms with Gasteiger partial charge in [0.15, 0.2) is 0 Å². The Balaban J connectivity index is 0. The molecule has 0 saturated heterocycles. The molecule has 0 heterocycles. The van der Waals surface area contributed by atoms with Crippen molar-refractivity contribution in [2.75, 3.05) is 53.9 Å². The van der Waals surface area contributed by atoms with Gasteiger partial charge in [0, 0.05) is 53.9 Å². The lowest BCUT2D eigenvalue weighted by Gasteiger charge is -2.48. The molecule has 18 heteroatoms. The van der Waals surface area contributed by atoms with Crippen molar-refractivity contribution >= 4 is 27.9 Å². The molecule has 0 saturated carbocycles. The van der Waals surface area contributed by atoms with Crippen LogP contribution in [0.4, 0.5) is 26.3 Å². The number of rotatable bonds is 19. The third kappa shape index (κ3) is 13.1. The zero-order chi connectivity index (χ0) is 32.7. The number of sulfonamides is 2. The van der Waals surface area contributed by atoms with E-state index < -0.39 is 43.1 Å². The summed E-state index contributed by atoms with van der Waals surface area (Å²) >= 11 is 0. The van der Waals surface area contributed by atoms with Gasteiger partial charge in [-0.2, -0.15) is 26.3 Å². The molecule has 0 aromatic carbocycles. The topological polar surface area (TPSA) is 93.3 Å². The van der Waals surface area contributed by atoms with Crippen LogP contribution >= 0.6 is 7.87 Å². The molecule has 41 heavy (non-hydrogen) atoms. The van der Waals surface area contributed by atoms with Crippen LogP contribution in [-0.4, -0.2) is 100 Å². The van der Waals surface area contributed by atoms with E-state index in [2.05, 4.69) is 74.4 Å². The Bertz CT molecular complexity index is 840. The summed E-state index contributed by atoms with van der Waals surface area (Å²) < 4.78 is 119. The van der Waals surface area contributed by atoms with Crippen LogP contribution in [0.2, 0.25) is 0 Å². The van der Waals surface area contributed by atoms with Gasteiger partial charge >= 0.3 is 38.9 Å². The molecule has 0 fully saturated rings. The van der Waals surface area contributed by atoms with Gasteiger partial charge in [-0.1, -0.05) is 58.0 Å². The minimum atomic E-state index is -6.60. The van der Waals surface area contributed by atoms with Crippen molar-refractivity contribution in [1.29, 1.82) is 0 Å². The fourth-order valence-corrected chi connectivity index (χ4v) is 11.1. The number of hydrogen-bond donors (Lipinski definition) is 1. The summed E-state index contributed by atoms with van der Waals surface area (Å²) in [7, 11) is -7.67. The van der Waals surface area contributed by atoms with Gasteiger partial charge in [0.2, 0.25) is 0 Å². The first-order valence-electron chi connectivity index (χ1n) is 13.9. The van der Waals surface area contributed by atoms with Gasteiger partial charge in [-0.3, -0.25) is 0 Å². The van der Waals surface area contributed by atoms with Crippen LogP contribution in [0, 0.1) is 0 Å². The first kappa shape index (κ1) is 42.8. The maximum Gasteiger partial charge on any atom is 0.512 e. The molecule has 0 unspecified atom stereocenters. The smallest absolute Gasteiger partial charge is 0.202 e. The number of halogens is 6. The van der Waals surface area contributed by atoms with Crippen molar-refractivity contribution in [3.8, 4) is 0 Å². The Morgan fingerprint density at radius 3 is 1.00 bits per heavy atom. The molecule has 0 aromatic heterocycles. The van der Waals surface area contributed by atoms with E-state index >= 15 is 0 Å². The van der Waals surface area contributed by atoms with E-state index in [0.717, 1.165) is 0 Å². The average Bonchev–Trinajstić information content (AvgIpc) is 2.83. The number of unbranched alkanes of at least 4 members (excludes halogenated alkanes) is 3. The standard InChI is InChI=1S/C21H50N4P.C2HF6NO4S2/c1-9-14-19-22(6)26(23(7)20-15-10-2,24(8)21-16-11-3)25(17-12-4)18-13-5;3-1(4,5)14(10,11)9-15(12,13)2(6,7)8/h9-21H2,1-8H3;9H/q+1;. The van der Waals surface area contributed by atoms with E-state index in [4.69, 9.17) is 0 Å². The monoisotopic (exact) mass is 670 g/mol. The number of nitrogens with zero attached hydrogens (tertiary/aromatic N) is 4. The molecular weight excluding hydrogens is 619 g/mol. The van der Waals surface area contributed by atoms with Gasteiger partial charge in [0.25, 0.3) is 0 Å². The second kappa shape index (κ2) is 19.2.